The zero-order valence-corrected chi connectivity index (χ0v) is 19.3. The standard InChI is InChI=1S/C26H28N4O2S/c31-24-26(23-9-5-2-6-10-23,17-21-7-3-1-4-8-21)27-25(32)30(24)20-29-14-12-28(13-15-29)18-22-11-16-33-19-22/h1-11,16,19H,12-15,17-18,20H2,(H,27,32)/t26-/m1/s1. The van der Waals surface area contributed by atoms with Gasteiger partial charge < -0.3 is 5.32 Å². The van der Waals surface area contributed by atoms with E-state index in [1.165, 1.54) is 10.5 Å². The maximum atomic E-state index is 13.8. The second-order valence-corrected chi connectivity index (χ2v) is 9.54. The molecule has 0 spiro atoms. The summed E-state index contributed by atoms with van der Waals surface area (Å²) in [6.45, 7) is 4.78. The molecule has 3 aromatic rings. The predicted molar refractivity (Wildman–Crippen MR) is 130 cm³/mol. The summed E-state index contributed by atoms with van der Waals surface area (Å²) in [7, 11) is 0. The molecule has 170 valence electrons. The average Bonchev–Trinajstić information content (AvgIpc) is 3.44. The lowest BCUT2D eigenvalue weighted by molar-refractivity contribution is -0.133. The SMILES string of the molecule is O=C1N[C@](Cc2ccccc2)(c2ccccc2)C(=O)N1CN1CCN(Cc2ccsc2)CC1. The fraction of sp³-hybridized carbons (Fsp3) is 0.308. The molecule has 1 aromatic heterocycles. The lowest BCUT2D eigenvalue weighted by Gasteiger charge is -2.36. The van der Waals surface area contributed by atoms with E-state index in [9.17, 15) is 9.59 Å². The molecule has 3 amide bonds. The molecule has 0 saturated carbocycles. The number of carbonyl (C=O) groups excluding carboxylic acids is 2. The van der Waals surface area contributed by atoms with Crippen LogP contribution >= 0.6 is 11.3 Å². The maximum Gasteiger partial charge on any atom is 0.326 e. The number of rotatable bonds is 7. The normalized spacial score (nSPS) is 22.0. The van der Waals surface area contributed by atoms with Crippen LogP contribution in [-0.2, 0) is 23.3 Å². The number of imide groups is 1. The number of hydrogen-bond donors (Lipinski definition) is 1. The Morgan fingerprint density at radius 2 is 1.48 bits per heavy atom. The van der Waals surface area contributed by atoms with Gasteiger partial charge in [-0.25, -0.2) is 9.69 Å². The summed E-state index contributed by atoms with van der Waals surface area (Å²) in [6.07, 6.45) is 0.424. The minimum absolute atomic E-state index is 0.178. The molecule has 3 heterocycles. The van der Waals surface area contributed by atoms with Crippen LogP contribution in [0.25, 0.3) is 0 Å². The number of nitrogens with one attached hydrogen (secondary N) is 1. The quantitative estimate of drug-likeness (QED) is 0.549. The van der Waals surface area contributed by atoms with Crippen molar-refractivity contribution in [2.45, 2.75) is 18.5 Å². The van der Waals surface area contributed by atoms with Gasteiger partial charge >= 0.3 is 6.03 Å². The van der Waals surface area contributed by atoms with Crippen molar-refractivity contribution < 1.29 is 9.59 Å². The van der Waals surface area contributed by atoms with Crippen LogP contribution in [0.5, 0.6) is 0 Å². The minimum atomic E-state index is -1.08. The van der Waals surface area contributed by atoms with Crippen LogP contribution in [0.3, 0.4) is 0 Å². The van der Waals surface area contributed by atoms with Crippen LogP contribution in [0.1, 0.15) is 16.7 Å². The van der Waals surface area contributed by atoms with Gasteiger partial charge in [-0.2, -0.15) is 11.3 Å². The number of piperazine rings is 1. The summed E-state index contributed by atoms with van der Waals surface area (Å²) in [5.41, 5.74) is 2.09. The number of nitrogens with zero attached hydrogens (tertiary/aromatic N) is 3. The van der Waals surface area contributed by atoms with Crippen molar-refractivity contribution in [1.82, 2.24) is 20.0 Å². The van der Waals surface area contributed by atoms with Gasteiger partial charge in [-0.3, -0.25) is 14.6 Å². The van der Waals surface area contributed by atoms with Gasteiger partial charge in [0, 0.05) is 39.1 Å². The Labute approximate surface area is 198 Å². The van der Waals surface area contributed by atoms with Gasteiger partial charge in [-0.15, -0.1) is 0 Å². The second kappa shape index (κ2) is 9.47. The maximum absolute atomic E-state index is 13.8. The van der Waals surface area contributed by atoms with E-state index in [2.05, 4.69) is 31.9 Å². The average molecular weight is 461 g/mol. The van der Waals surface area contributed by atoms with E-state index in [0.717, 1.165) is 43.9 Å². The fourth-order valence-electron chi connectivity index (χ4n) is 4.73. The van der Waals surface area contributed by atoms with Crippen molar-refractivity contribution in [2.24, 2.45) is 0 Å². The molecule has 2 aliphatic heterocycles. The second-order valence-electron chi connectivity index (χ2n) is 8.76. The monoisotopic (exact) mass is 460 g/mol. The Balaban J connectivity index is 1.30. The summed E-state index contributed by atoms with van der Waals surface area (Å²) in [6, 6.07) is 21.3. The predicted octanol–water partition coefficient (Wildman–Crippen LogP) is 3.51. The third-order valence-corrected chi connectivity index (χ3v) is 7.28. The molecule has 5 rings (SSSR count). The van der Waals surface area contributed by atoms with Gasteiger partial charge in [0.1, 0.15) is 0 Å². The van der Waals surface area contributed by atoms with Gasteiger partial charge in [-0.1, -0.05) is 60.7 Å². The van der Waals surface area contributed by atoms with Crippen molar-refractivity contribution in [3.05, 3.63) is 94.2 Å². The van der Waals surface area contributed by atoms with E-state index in [4.69, 9.17) is 0 Å². The molecule has 0 aliphatic carbocycles. The Hall–Kier alpha value is -3.00. The summed E-state index contributed by atoms with van der Waals surface area (Å²) in [5, 5.41) is 7.36. The molecule has 7 heteroatoms. The first-order valence-electron chi connectivity index (χ1n) is 11.3. The highest BCUT2D eigenvalue weighted by molar-refractivity contribution is 7.07. The molecule has 2 fully saturated rings. The number of hydrogen-bond acceptors (Lipinski definition) is 5. The highest BCUT2D eigenvalue weighted by Crippen LogP contribution is 2.33. The van der Waals surface area contributed by atoms with Gasteiger partial charge in [0.25, 0.3) is 5.91 Å². The van der Waals surface area contributed by atoms with E-state index in [-0.39, 0.29) is 11.9 Å². The molecule has 2 aromatic carbocycles. The van der Waals surface area contributed by atoms with E-state index >= 15 is 0 Å². The Morgan fingerprint density at radius 3 is 2.15 bits per heavy atom. The molecule has 0 bridgehead atoms. The summed E-state index contributed by atoms with van der Waals surface area (Å²) in [4.78, 5) is 32.9. The van der Waals surface area contributed by atoms with Crippen LogP contribution in [-0.4, -0.2) is 59.5 Å². The molecule has 2 aliphatic rings. The molecule has 1 N–H and O–H groups in total. The van der Waals surface area contributed by atoms with E-state index in [0.29, 0.717) is 13.1 Å². The van der Waals surface area contributed by atoms with Crippen LogP contribution in [0.4, 0.5) is 4.79 Å². The van der Waals surface area contributed by atoms with Crippen molar-refractivity contribution in [1.29, 1.82) is 0 Å². The summed E-state index contributed by atoms with van der Waals surface area (Å²) < 4.78 is 0. The largest absolute Gasteiger partial charge is 0.326 e. The van der Waals surface area contributed by atoms with Crippen LogP contribution in [0.2, 0.25) is 0 Å². The fourth-order valence-corrected chi connectivity index (χ4v) is 5.39. The highest BCUT2D eigenvalue weighted by Gasteiger charge is 2.52. The number of benzene rings is 2. The highest BCUT2D eigenvalue weighted by atomic mass is 32.1. The molecule has 2 saturated heterocycles. The number of thiophene rings is 1. The molecule has 6 nitrogen and oxygen atoms in total. The minimum Gasteiger partial charge on any atom is -0.319 e. The van der Waals surface area contributed by atoms with Gasteiger partial charge in [0.2, 0.25) is 0 Å². The number of amides is 3. The zero-order chi connectivity index (χ0) is 22.7. The number of carbonyl (C=O) groups is 2. The molecular formula is C26H28N4O2S. The molecular weight excluding hydrogens is 432 g/mol. The van der Waals surface area contributed by atoms with E-state index in [1.54, 1.807) is 11.3 Å². The van der Waals surface area contributed by atoms with Crippen LogP contribution < -0.4 is 5.32 Å². The lowest BCUT2D eigenvalue weighted by atomic mass is 9.83. The Morgan fingerprint density at radius 1 is 0.818 bits per heavy atom. The number of urea groups is 1. The smallest absolute Gasteiger partial charge is 0.319 e. The third kappa shape index (κ3) is 4.57. The topological polar surface area (TPSA) is 55.9 Å². The van der Waals surface area contributed by atoms with Gasteiger partial charge in [-0.05, 0) is 33.5 Å². The molecule has 33 heavy (non-hydrogen) atoms. The van der Waals surface area contributed by atoms with Crippen molar-refractivity contribution in [3.8, 4) is 0 Å². The Bertz CT molecular complexity index is 1080. The first-order valence-corrected chi connectivity index (χ1v) is 12.3. The van der Waals surface area contributed by atoms with Crippen molar-refractivity contribution >= 4 is 23.3 Å². The van der Waals surface area contributed by atoms with Gasteiger partial charge in [0.05, 0.1) is 6.67 Å². The van der Waals surface area contributed by atoms with Crippen LogP contribution in [0.15, 0.2) is 77.5 Å². The third-order valence-electron chi connectivity index (χ3n) is 6.55. The molecule has 0 unspecified atom stereocenters. The summed E-state index contributed by atoms with van der Waals surface area (Å²) >= 11 is 1.72. The first-order chi connectivity index (χ1) is 16.1. The van der Waals surface area contributed by atoms with Crippen LogP contribution in [0, 0.1) is 0 Å². The summed E-state index contributed by atoms with van der Waals surface area (Å²) in [5.74, 6) is -0.178. The van der Waals surface area contributed by atoms with Crippen molar-refractivity contribution in [3.63, 3.8) is 0 Å². The molecule has 1 atom stereocenters. The molecule has 0 radical (unpaired) electrons. The lowest BCUT2D eigenvalue weighted by Crippen LogP contribution is -2.51. The Kier molecular flexibility index (Phi) is 6.26. The zero-order valence-electron chi connectivity index (χ0n) is 18.5. The van der Waals surface area contributed by atoms with E-state index in [1.807, 2.05) is 60.7 Å². The van der Waals surface area contributed by atoms with E-state index < -0.39 is 5.54 Å². The van der Waals surface area contributed by atoms with Crippen molar-refractivity contribution in [2.75, 3.05) is 32.8 Å². The van der Waals surface area contributed by atoms with Gasteiger partial charge in [0.15, 0.2) is 5.54 Å². The first kappa shape index (κ1) is 21.8.